The summed E-state index contributed by atoms with van der Waals surface area (Å²) in [5, 5.41) is 3.28. The molecule has 1 aromatic carbocycles. The van der Waals surface area contributed by atoms with Crippen molar-refractivity contribution < 1.29 is 13.9 Å². The van der Waals surface area contributed by atoms with Gasteiger partial charge in [-0.25, -0.2) is 4.79 Å². The highest BCUT2D eigenvalue weighted by Crippen LogP contribution is 2.22. The van der Waals surface area contributed by atoms with Crippen molar-refractivity contribution in [2.75, 3.05) is 12.4 Å². The molecule has 100 valence electrons. The summed E-state index contributed by atoms with van der Waals surface area (Å²) in [6.07, 6.45) is 1.48. The van der Waals surface area contributed by atoms with Crippen LogP contribution in [-0.4, -0.2) is 13.1 Å². The van der Waals surface area contributed by atoms with Crippen LogP contribution < -0.4 is 5.32 Å². The maximum absolute atomic E-state index is 11.5. The lowest BCUT2D eigenvalue weighted by Crippen LogP contribution is -2.07. The number of ether oxygens (including phenoxy) is 1. The lowest BCUT2D eigenvalue weighted by molar-refractivity contribution is 0.0563. The van der Waals surface area contributed by atoms with Gasteiger partial charge in [-0.2, -0.15) is 0 Å². The molecule has 0 spiro atoms. The van der Waals surface area contributed by atoms with E-state index >= 15 is 0 Å². The zero-order valence-electron chi connectivity index (χ0n) is 10.7. The van der Waals surface area contributed by atoms with Crippen LogP contribution in [0.1, 0.15) is 21.7 Å². The Morgan fingerprint density at radius 2 is 2.21 bits per heavy atom. The average molecular weight is 324 g/mol. The van der Waals surface area contributed by atoms with Crippen molar-refractivity contribution >= 4 is 27.6 Å². The minimum atomic E-state index is -0.465. The van der Waals surface area contributed by atoms with Crippen molar-refractivity contribution in [2.24, 2.45) is 0 Å². The Morgan fingerprint density at radius 1 is 1.42 bits per heavy atom. The third-order valence-corrected chi connectivity index (χ3v) is 3.28. The molecule has 0 fully saturated rings. The Bertz CT molecular complexity index is 592. The van der Waals surface area contributed by atoms with Crippen molar-refractivity contribution in [2.45, 2.75) is 13.5 Å². The molecule has 0 atom stereocenters. The predicted molar refractivity (Wildman–Crippen MR) is 76.3 cm³/mol. The third kappa shape index (κ3) is 3.17. The summed E-state index contributed by atoms with van der Waals surface area (Å²) in [6.45, 7) is 2.52. The van der Waals surface area contributed by atoms with Gasteiger partial charge in [0, 0.05) is 22.3 Å². The predicted octanol–water partition coefficient (Wildman–Crippen LogP) is 3.75. The van der Waals surface area contributed by atoms with Crippen LogP contribution in [-0.2, 0) is 11.3 Å². The summed E-state index contributed by atoms with van der Waals surface area (Å²) in [4.78, 5) is 11.5. The van der Waals surface area contributed by atoms with Crippen LogP contribution in [0.25, 0.3) is 0 Å². The number of rotatable bonds is 4. The van der Waals surface area contributed by atoms with Gasteiger partial charge in [0.1, 0.15) is 0 Å². The summed E-state index contributed by atoms with van der Waals surface area (Å²) in [5.41, 5.74) is 2.91. The van der Waals surface area contributed by atoms with E-state index in [1.165, 1.54) is 13.4 Å². The largest absolute Gasteiger partial charge is 0.463 e. The van der Waals surface area contributed by atoms with E-state index in [2.05, 4.69) is 26.0 Å². The highest BCUT2D eigenvalue weighted by atomic mass is 79.9. The number of carbonyl (C=O) groups is 1. The van der Waals surface area contributed by atoms with Gasteiger partial charge in [0.25, 0.3) is 0 Å². The zero-order valence-corrected chi connectivity index (χ0v) is 12.3. The fourth-order valence-corrected chi connectivity index (χ4v) is 2.08. The van der Waals surface area contributed by atoms with Crippen LogP contribution in [0.4, 0.5) is 5.69 Å². The normalized spacial score (nSPS) is 10.3. The number of halogens is 1. The fourth-order valence-electron chi connectivity index (χ4n) is 1.72. The first-order chi connectivity index (χ1) is 9.11. The second kappa shape index (κ2) is 5.93. The summed E-state index contributed by atoms with van der Waals surface area (Å²) in [6, 6.07) is 7.75. The van der Waals surface area contributed by atoms with E-state index in [-0.39, 0.29) is 5.76 Å². The number of methoxy groups -OCH3 is 1. The molecule has 0 saturated carbocycles. The SMILES string of the molecule is COC(=O)c1occc1CNc1cc(Br)ccc1C. The van der Waals surface area contributed by atoms with Gasteiger partial charge in [0.05, 0.1) is 13.4 Å². The Kier molecular flexibility index (Phi) is 4.27. The van der Waals surface area contributed by atoms with Crippen LogP contribution in [0.5, 0.6) is 0 Å². The Balaban J connectivity index is 2.13. The van der Waals surface area contributed by atoms with Gasteiger partial charge in [-0.3, -0.25) is 0 Å². The Labute approximate surface area is 119 Å². The van der Waals surface area contributed by atoms with E-state index in [1.54, 1.807) is 6.07 Å². The molecule has 1 aromatic heterocycles. The molecule has 0 amide bonds. The standard InChI is InChI=1S/C14H14BrNO3/c1-9-3-4-11(15)7-12(9)16-8-10-5-6-19-13(10)14(17)18-2/h3-7,16H,8H2,1-2H3. The summed E-state index contributed by atoms with van der Waals surface area (Å²) < 4.78 is 10.8. The zero-order chi connectivity index (χ0) is 13.8. The van der Waals surface area contributed by atoms with E-state index in [0.29, 0.717) is 6.54 Å². The maximum atomic E-state index is 11.5. The van der Waals surface area contributed by atoms with E-state index in [4.69, 9.17) is 4.42 Å². The molecule has 1 heterocycles. The monoisotopic (exact) mass is 323 g/mol. The highest BCUT2D eigenvalue weighted by molar-refractivity contribution is 9.10. The van der Waals surface area contributed by atoms with Gasteiger partial charge in [-0.15, -0.1) is 0 Å². The van der Waals surface area contributed by atoms with Crippen molar-refractivity contribution in [3.05, 3.63) is 51.9 Å². The molecule has 19 heavy (non-hydrogen) atoms. The number of carbonyl (C=O) groups excluding carboxylic acids is 1. The highest BCUT2D eigenvalue weighted by Gasteiger charge is 2.15. The first-order valence-electron chi connectivity index (χ1n) is 5.76. The number of nitrogens with one attached hydrogen (secondary N) is 1. The average Bonchev–Trinajstić information content (AvgIpc) is 2.87. The number of hydrogen-bond donors (Lipinski definition) is 1. The smallest absolute Gasteiger partial charge is 0.374 e. The van der Waals surface area contributed by atoms with Crippen LogP contribution in [0, 0.1) is 6.92 Å². The summed E-state index contributed by atoms with van der Waals surface area (Å²) in [5.74, 6) is -0.226. The first kappa shape index (κ1) is 13.7. The lowest BCUT2D eigenvalue weighted by atomic mass is 10.2. The molecule has 0 aliphatic heterocycles. The molecule has 0 aliphatic carbocycles. The van der Waals surface area contributed by atoms with Crippen molar-refractivity contribution in [3.8, 4) is 0 Å². The number of hydrogen-bond acceptors (Lipinski definition) is 4. The topological polar surface area (TPSA) is 51.5 Å². The number of esters is 1. The minimum absolute atomic E-state index is 0.239. The molecular weight excluding hydrogens is 310 g/mol. The molecule has 2 rings (SSSR count). The van der Waals surface area contributed by atoms with Gasteiger partial charge in [-0.05, 0) is 30.7 Å². The van der Waals surface area contributed by atoms with Gasteiger partial charge in [0.2, 0.25) is 5.76 Å². The van der Waals surface area contributed by atoms with E-state index < -0.39 is 5.97 Å². The van der Waals surface area contributed by atoms with Crippen LogP contribution in [0.15, 0.2) is 39.4 Å². The van der Waals surface area contributed by atoms with Crippen LogP contribution in [0.2, 0.25) is 0 Å². The molecule has 5 heteroatoms. The molecule has 1 N–H and O–H groups in total. The first-order valence-corrected chi connectivity index (χ1v) is 6.56. The number of furan rings is 1. The second-order valence-electron chi connectivity index (χ2n) is 4.08. The quantitative estimate of drug-likeness (QED) is 0.870. The summed E-state index contributed by atoms with van der Waals surface area (Å²) in [7, 11) is 1.33. The molecule has 0 radical (unpaired) electrons. The Hall–Kier alpha value is -1.75. The van der Waals surface area contributed by atoms with Gasteiger partial charge < -0.3 is 14.5 Å². The number of benzene rings is 1. The second-order valence-corrected chi connectivity index (χ2v) is 5.00. The molecule has 0 bridgehead atoms. The van der Waals surface area contributed by atoms with Gasteiger partial charge in [0.15, 0.2) is 0 Å². The van der Waals surface area contributed by atoms with E-state index in [0.717, 1.165) is 21.3 Å². The Morgan fingerprint density at radius 3 is 2.95 bits per heavy atom. The van der Waals surface area contributed by atoms with Crippen LogP contribution >= 0.6 is 15.9 Å². The minimum Gasteiger partial charge on any atom is -0.463 e. The molecule has 2 aromatic rings. The summed E-state index contributed by atoms with van der Waals surface area (Å²) >= 11 is 3.43. The van der Waals surface area contributed by atoms with Crippen molar-refractivity contribution in [3.63, 3.8) is 0 Å². The molecule has 4 nitrogen and oxygen atoms in total. The number of anilines is 1. The molecule has 0 aliphatic rings. The van der Waals surface area contributed by atoms with Crippen LogP contribution in [0.3, 0.4) is 0 Å². The molecule has 0 unspecified atom stereocenters. The van der Waals surface area contributed by atoms with Crippen molar-refractivity contribution in [1.29, 1.82) is 0 Å². The number of aryl methyl sites for hydroxylation is 1. The van der Waals surface area contributed by atoms with Gasteiger partial charge >= 0.3 is 5.97 Å². The lowest BCUT2D eigenvalue weighted by Gasteiger charge is -2.09. The van der Waals surface area contributed by atoms with Gasteiger partial charge in [-0.1, -0.05) is 22.0 Å². The maximum Gasteiger partial charge on any atom is 0.374 e. The molecule has 0 saturated heterocycles. The van der Waals surface area contributed by atoms with E-state index in [9.17, 15) is 4.79 Å². The molecular formula is C14H14BrNO3. The van der Waals surface area contributed by atoms with Crippen molar-refractivity contribution in [1.82, 2.24) is 0 Å². The van der Waals surface area contributed by atoms with E-state index in [1.807, 2.05) is 25.1 Å². The fraction of sp³-hybridized carbons (Fsp3) is 0.214. The third-order valence-electron chi connectivity index (χ3n) is 2.79.